The number of thiol groups is 1. The molecule has 12 heteroatoms. The van der Waals surface area contributed by atoms with E-state index in [1.165, 1.54) is 0 Å². The van der Waals surface area contributed by atoms with Gasteiger partial charge in [-0.15, -0.1) is 0 Å². The van der Waals surface area contributed by atoms with E-state index in [0.29, 0.717) is 12.0 Å². The first-order valence-corrected chi connectivity index (χ1v) is 11.4. The highest BCUT2D eigenvalue weighted by molar-refractivity contribution is 7.80. The van der Waals surface area contributed by atoms with Crippen molar-refractivity contribution in [2.24, 2.45) is 11.7 Å². The number of aliphatic carboxylic acids is 2. The third kappa shape index (κ3) is 9.40. The van der Waals surface area contributed by atoms with Crippen LogP contribution in [0.3, 0.4) is 0 Å². The van der Waals surface area contributed by atoms with Gasteiger partial charge in [-0.1, -0.05) is 50.6 Å². The van der Waals surface area contributed by atoms with Gasteiger partial charge < -0.3 is 31.9 Å². The Labute approximate surface area is 203 Å². The number of carbonyl (C=O) groups excluding carboxylic acids is 3. The van der Waals surface area contributed by atoms with Crippen molar-refractivity contribution in [1.82, 2.24) is 16.0 Å². The Morgan fingerprint density at radius 2 is 1.50 bits per heavy atom. The van der Waals surface area contributed by atoms with Gasteiger partial charge >= 0.3 is 11.9 Å². The van der Waals surface area contributed by atoms with Crippen molar-refractivity contribution in [2.75, 3.05) is 5.75 Å². The predicted octanol–water partition coefficient (Wildman–Crippen LogP) is -0.454. The van der Waals surface area contributed by atoms with Crippen molar-refractivity contribution in [3.63, 3.8) is 0 Å². The zero-order chi connectivity index (χ0) is 25.8. The molecule has 0 bridgehead atoms. The number of nitrogens with one attached hydrogen (secondary N) is 3. The minimum atomic E-state index is -1.38. The van der Waals surface area contributed by atoms with Crippen molar-refractivity contribution in [3.8, 4) is 0 Å². The summed E-state index contributed by atoms with van der Waals surface area (Å²) >= 11 is 4.09. The minimum Gasteiger partial charge on any atom is -0.481 e. The normalized spacial score (nSPS) is 15.2. The first-order valence-electron chi connectivity index (χ1n) is 10.8. The minimum absolute atomic E-state index is 0.0454. The van der Waals surface area contributed by atoms with Gasteiger partial charge in [-0.2, -0.15) is 12.6 Å². The van der Waals surface area contributed by atoms with Gasteiger partial charge in [-0.05, 0) is 11.5 Å². The smallest absolute Gasteiger partial charge is 0.326 e. The Morgan fingerprint density at radius 3 is 2.00 bits per heavy atom. The molecule has 3 amide bonds. The second kappa shape index (κ2) is 14.2. The standard InChI is InChI=1S/C22H32N4O7S/c1-3-12(2)18(22(32)33)26-21(31)16(11-34)25-20(30)15(9-13-7-5-4-6-8-13)24-19(29)14(23)10-17(27)28/h4-8,12,14-16,18,34H,3,9-11,23H2,1-2H3,(H,24,29)(H,25,30)(H,26,31)(H,27,28)(H,32,33). The highest BCUT2D eigenvalue weighted by atomic mass is 32.1. The van der Waals surface area contributed by atoms with E-state index in [1.807, 2.05) is 0 Å². The van der Waals surface area contributed by atoms with Crippen LogP contribution >= 0.6 is 12.6 Å². The van der Waals surface area contributed by atoms with Crippen LogP contribution in [-0.2, 0) is 30.4 Å². The average Bonchev–Trinajstić information content (AvgIpc) is 2.79. The van der Waals surface area contributed by atoms with E-state index >= 15 is 0 Å². The summed E-state index contributed by atoms with van der Waals surface area (Å²) in [4.78, 5) is 60.4. The molecule has 1 rings (SSSR count). The highest BCUT2D eigenvalue weighted by Crippen LogP contribution is 2.09. The Morgan fingerprint density at radius 1 is 0.941 bits per heavy atom. The van der Waals surface area contributed by atoms with Crippen molar-refractivity contribution in [2.45, 2.75) is 57.3 Å². The summed E-state index contributed by atoms with van der Waals surface area (Å²) in [7, 11) is 0. The zero-order valence-electron chi connectivity index (χ0n) is 19.1. The molecule has 0 heterocycles. The van der Waals surface area contributed by atoms with Gasteiger partial charge in [-0.3, -0.25) is 19.2 Å². The van der Waals surface area contributed by atoms with Crippen LogP contribution in [0.1, 0.15) is 32.3 Å². The molecule has 0 aliphatic heterocycles. The second-order valence-corrected chi connectivity index (χ2v) is 8.27. The average molecular weight is 497 g/mol. The van der Waals surface area contributed by atoms with Crippen LogP contribution in [-0.4, -0.2) is 69.8 Å². The number of hydrogen-bond donors (Lipinski definition) is 7. The number of nitrogens with two attached hydrogens (primary N) is 1. The monoisotopic (exact) mass is 496 g/mol. The van der Waals surface area contributed by atoms with Gasteiger partial charge in [0.25, 0.3) is 0 Å². The van der Waals surface area contributed by atoms with Gasteiger partial charge in [0, 0.05) is 12.2 Å². The maximum Gasteiger partial charge on any atom is 0.326 e. The molecule has 0 aliphatic carbocycles. The zero-order valence-corrected chi connectivity index (χ0v) is 20.0. The van der Waals surface area contributed by atoms with Crippen LogP contribution in [0, 0.1) is 5.92 Å². The predicted molar refractivity (Wildman–Crippen MR) is 127 cm³/mol. The van der Waals surface area contributed by atoms with Crippen molar-refractivity contribution < 1.29 is 34.2 Å². The van der Waals surface area contributed by atoms with Gasteiger partial charge in [0.15, 0.2) is 0 Å². The number of carboxylic acid groups (broad SMARTS) is 2. The molecule has 0 saturated carbocycles. The number of hydrogen-bond acceptors (Lipinski definition) is 7. The van der Waals surface area contributed by atoms with Gasteiger partial charge in [-0.25, -0.2) is 4.79 Å². The molecule has 5 unspecified atom stereocenters. The Hall–Kier alpha value is -3.12. The lowest BCUT2D eigenvalue weighted by atomic mass is 9.99. The van der Waals surface area contributed by atoms with Crippen molar-refractivity contribution in [1.29, 1.82) is 0 Å². The molecule has 11 nitrogen and oxygen atoms in total. The molecule has 1 aromatic carbocycles. The van der Waals surface area contributed by atoms with E-state index in [4.69, 9.17) is 10.8 Å². The topological polar surface area (TPSA) is 188 Å². The maximum absolute atomic E-state index is 13.0. The number of amides is 3. The van der Waals surface area contributed by atoms with E-state index in [1.54, 1.807) is 44.2 Å². The molecule has 0 spiro atoms. The molecular weight excluding hydrogens is 464 g/mol. The van der Waals surface area contributed by atoms with Crippen LogP contribution < -0.4 is 21.7 Å². The molecule has 0 saturated heterocycles. The number of carbonyl (C=O) groups is 5. The summed E-state index contributed by atoms with van der Waals surface area (Å²) in [6, 6.07) is 3.86. The van der Waals surface area contributed by atoms with Crippen LogP contribution in [0.2, 0.25) is 0 Å². The number of rotatable bonds is 14. The molecule has 5 atom stereocenters. The first-order chi connectivity index (χ1) is 16.0. The molecule has 0 radical (unpaired) electrons. The van der Waals surface area contributed by atoms with Crippen LogP contribution in [0.5, 0.6) is 0 Å². The van der Waals surface area contributed by atoms with Crippen LogP contribution in [0.15, 0.2) is 30.3 Å². The first kappa shape index (κ1) is 28.9. The van der Waals surface area contributed by atoms with Gasteiger partial charge in [0.2, 0.25) is 17.7 Å². The summed E-state index contributed by atoms with van der Waals surface area (Å²) in [5.74, 6) is -5.25. The number of carboxylic acids is 2. The van der Waals surface area contributed by atoms with Crippen molar-refractivity contribution >= 4 is 42.3 Å². The van der Waals surface area contributed by atoms with E-state index in [2.05, 4.69) is 28.6 Å². The Bertz CT molecular complexity index is 868. The summed E-state index contributed by atoms with van der Waals surface area (Å²) in [6.07, 6.45) is -0.0694. The SMILES string of the molecule is CCC(C)C(NC(=O)C(CS)NC(=O)C(Cc1ccccc1)NC(=O)C(N)CC(=O)O)C(=O)O. The summed E-state index contributed by atoms with van der Waals surface area (Å²) in [6.45, 7) is 3.47. The lowest BCUT2D eigenvalue weighted by Crippen LogP contribution is -2.58. The maximum atomic E-state index is 13.0. The van der Waals surface area contributed by atoms with Crippen LogP contribution in [0.25, 0.3) is 0 Å². The fourth-order valence-electron chi connectivity index (χ4n) is 3.02. The summed E-state index contributed by atoms with van der Waals surface area (Å²) < 4.78 is 0. The molecule has 0 fully saturated rings. The van der Waals surface area contributed by atoms with E-state index in [0.717, 1.165) is 0 Å². The highest BCUT2D eigenvalue weighted by Gasteiger charge is 2.31. The molecular formula is C22H32N4O7S. The quantitative estimate of drug-likeness (QED) is 0.169. The Kier molecular flexibility index (Phi) is 12.1. The third-order valence-electron chi connectivity index (χ3n) is 5.24. The Balaban J connectivity index is 3.01. The number of benzene rings is 1. The largest absolute Gasteiger partial charge is 0.481 e. The lowest BCUT2D eigenvalue weighted by Gasteiger charge is -2.26. The van der Waals surface area contributed by atoms with Crippen molar-refractivity contribution in [3.05, 3.63) is 35.9 Å². The van der Waals surface area contributed by atoms with E-state index < -0.39 is 60.2 Å². The van der Waals surface area contributed by atoms with Gasteiger partial charge in [0.05, 0.1) is 12.5 Å². The molecule has 34 heavy (non-hydrogen) atoms. The third-order valence-corrected chi connectivity index (χ3v) is 5.60. The summed E-state index contributed by atoms with van der Waals surface area (Å²) in [5.41, 5.74) is 6.30. The molecule has 188 valence electrons. The fourth-order valence-corrected chi connectivity index (χ4v) is 3.28. The molecule has 7 N–H and O–H groups in total. The molecule has 0 aromatic heterocycles. The fraction of sp³-hybridized carbons (Fsp3) is 0.500. The van der Waals surface area contributed by atoms with Crippen LogP contribution in [0.4, 0.5) is 0 Å². The summed E-state index contributed by atoms with van der Waals surface area (Å²) in [5, 5.41) is 25.6. The lowest BCUT2D eigenvalue weighted by molar-refractivity contribution is -0.143. The van der Waals surface area contributed by atoms with Gasteiger partial charge in [0.1, 0.15) is 18.1 Å². The second-order valence-electron chi connectivity index (χ2n) is 7.91. The van der Waals surface area contributed by atoms with E-state index in [9.17, 15) is 29.1 Å². The molecule has 0 aliphatic rings. The van der Waals surface area contributed by atoms with E-state index in [-0.39, 0.29) is 18.1 Å². The molecule has 1 aromatic rings.